The number of likely N-dealkylation sites (tertiary alicyclic amines) is 1. The highest BCUT2D eigenvalue weighted by Gasteiger charge is 2.40. The Morgan fingerprint density at radius 1 is 1.42 bits per heavy atom. The van der Waals surface area contributed by atoms with Crippen molar-refractivity contribution in [3.05, 3.63) is 18.4 Å². The number of amides is 1. The van der Waals surface area contributed by atoms with Crippen molar-refractivity contribution in [2.45, 2.75) is 50.7 Å². The molecule has 1 aliphatic heterocycles. The molecule has 1 aromatic heterocycles. The van der Waals surface area contributed by atoms with Gasteiger partial charge in [0.05, 0.1) is 18.8 Å². The first-order valence-corrected chi connectivity index (χ1v) is 7.15. The van der Waals surface area contributed by atoms with Crippen molar-refractivity contribution >= 4 is 5.91 Å². The van der Waals surface area contributed by atoms with E-state index in [0.29, 0.717) is 24.4 Å². The molecule has 1 saturated carbocycles. The molecule has 104 valence electrons. The molecule has 5 heteroatoms. The molecule has 1 amide bonds. The van der Waals surface area contributed by atoms with Crippen LogP contribution in [-0.4, -0.2) is 34.9 Å². The number of nitrogens with one attached hydrogen (secondary N) is 1. The molecule has 19 heavy (non-hydrogen) atoms. The number of oxazole rings is 1. The molecule has 3 unspecified atom stereocenters. The third-order valence-corrected chi connectivity index (χ3v) is 4.56. The van der Waals surface area contributed by atoms with Crippen LogP contribution < -0.4 is 5.32 Å². The van der Waals surface area contributed by atoms with Crippen molar-refractivity contribution in [2.24, 2.45) is 5.92 Å². The molecule has 1 aliphatic carbocycles. The average Bonchev–Trinajstić information content (AvgIpc) is 3.05. The summed E-state index contributed by atoms with van der Waals surface area (Å²) in [5, 5.41) is 3.15. The quantitative estimate of drug-likeness (QED) is 0.899. The zero-order chi connectivity index (χ0) is 13.2. The van der Waals surface area contributed by atoms with Crippen LogP contribution in [0.15, 0.2) is 16.9 Å². The highest BCUT2D eigenvalue weighted by molar-refractivity contribution is 5.82. The fourth-order valence-electron chi connectivity index (χ4n) is 3.57. The second kappa shape index (κ2) is 5.33. The van der Waals surface area contributed by atoms with Crippen molar-refractivity contribution < 1.29 is 9.21 Å². The summed E-state index contributed by atoms with van der Waals surface area (Å²) in [5.74, 6) is 1.49. The van der Waals surface area contributed by atoms with Crippen molar-refractivity contribution in [3.8, 4) is 0 Å². The molecule has 3 atom stereocenters. The molecule has 3 rings (SSSR count). The third-order valence-electron chi connectivity index (χ3n) is 4.56. The van der Waals surface area contributed by atoms with Gasteiger partial charge >= 0.3 is 0 Å². The number of hydrogen-bond acceptors (Lipinski definition) is 4. The largest absolute Gasteiger partial charge is 0.447 e. The summed E-state index contributed by atoms with van der Waals surface area (Å²) < 4.78 is 5.32. The monoisotopic (exact) mass is 263 g/mol. The van der Waals surface area contributed by atoms with Crippen molar-refractivity contribution in [3.63, 3.8) is 0 Å². The van der Waals surface area contributed by atoms with Crippen LogP contribution >= 0.6 is 0 Å². The van der Waals surface area contributed by atoms with Gasteiger partial charge in [-0.05, 0) is 38.6 Å². The molecule has 0 spiro atoms. The third kappa shape index (κ3) is 2.39. The fourth-order valence-corrected chi connectivity index (χ4v) is 3.57. The predicted octanol–water partition coefficient (Wildman–Crippen LogP) is 1.55. The minimum atomic E-state index is -0.0550. The second-order valence-corrected chi connectivity index (χ2v) is 5.57. The van der Waals surface area contributed by atoms with Gasteiger partial charge in [0.1, 0.15) is 6.26 Å². The first-order valence-electron chi connectivity index (χ1n) is 7.15. The molecular formula is C14H21N3O2. The van der Waals surface area contributed by atoms with E-state index in [1.807, 2.05) is 11.9 Å². The van der Waals surface area contributed by atoms with Gasteiger partial charge in [0, 0.05) is 6.04 Å². The van der Waals surface area contributed by atoms with Crippen LogP contribution in [0.2, 0.25) is 0 Å². The maximum atomic E-state index is 12.6. The Morgan fingerprint density at radius 2 is 2.32 bits per heavy atom. The van der Waals surface area contributed by atoms with Crippen LogP contribution in [0.5, 0.6) is 0 Å². The van der Waals surface area contributed by atoms with E-state index >= 15 is 0 Å². The van der Waals surface area contributed by atoms with Gasteiger partial charge in [-0.3, -0.25) is 4.79 Å². The lowest BCUT2D eigenvalue weighted by Crippen LogP contribution is -2.47. The van der Waals surface area contributed by atoms with Crippen LogP contribution in [0.1, 0.15) is 38.0 Å². The van der Waals surface area contributed by atoms with E-state index in [1.54, 1.807) is 12.5 Å². The smallest absolute Gasteiger partial charge is 0.240 e. The molecule has 2 fully saturated rings. The Bertz CT molecular complexity index is 432. The summed E-state index contributed by atoms with van der Waals surface area (Å²) >= 11 is 0. The molecule has 0 bridgehead atoms. The topological polar surface area (TPSA) is 58.4 Å². The summed E-state index contributed by atoms with van der Waals surface area (Å²) in [7, 11) is 1.87. The summed E-state index contributed by atoms with van der Waals surface area (Å²) in [6.45, 7) is 0.505. The van der Waals surface area contributed by atoms with Crippen molar-refractivity contribution in [1.29, 1.82) is 0 Å². The van der Waals surface area contributed by atoms with Gasteiger partial charge in [-0.2, -0.15) is 0 Å². The number of likely N-dealkylation sites (N-methyl/N-ethyl adjacent to an activating group) is 1. The Labute approximate surface area is 113 Å². The SMILES string of the molecule is CNC1CCC2CCCC2N(Cc2ncco2)C1=O. The molecule has 2 heterocycles. The second-order valence-electron chi connectivity index (χ2n) is 5.57. The number of nitrogens with zero attached hydrogens (tertiary/aromatic N) is 2. The van der Waals surface area contributed by atoms with Gasteiger partial charge < -0.3 is 14.6 Å². The van der Waals surface area contributed by atoms with E-state index < -0.39 is 0 Å². The Kier molecular flexibility index (Phi) is 3.55. The Morgan fingerprint density at radius 3 is 3.05 bits per heavy atom. The van der Waals surface area contributed by atoms with E-state index in [4.69, 9.17) is 4.42 Å². The number of fused-ring (bicyclic) bond motifs is 1. The average molecular weight is 263 g/mol. The van der Waals surface area contributed by atoms with Crippen LogP contribution in [0.3, 0.4) is 0 Å². The van der Waals surface area contributed by atoms with Crippen LogP contribution in [0, 0.1) is 5.92 Å². The number of aromatic nitrogens is 1. The predicted molar refractivity (Wildman–Crippen MR) is 70.3 cm³/mol. The van der Waals surface area contributed by atoms with Gasteiger partial charge in [-0.15, -0.1) is 0 Å². The van der Waals surface area contributed by atoms with E-state index in [2.05, 4.69) is 10.3 Å². The number of rotatable bonds is 3. The summed E-state index contributed by atoms with van der Waals surface area (Å²) in [4.78, 5) is 18.8. The van der Waals surface area contributed by atoms with Gasteiger partial charge in [0.15, 0.2) is 0 Å². The lowest BCUT2D eigenvalue weighted by atomic mass is 9.97. The lowest BCUT2D eigenvalue weighted by molar-refractivity contribution is -0.136. The number of carbonyl (C=O) groups excluding carboxylic acids is 1. The van der Waals surface area contributed by atoms with E-state index in [0.717, 1.165) is 19.3 Å². The normalized spacial score (nSPS) is 31.3. The van der Waals surface area contributed by atoms with Gasteiger partial charge in [0.25, 0.3) is 0 Å². The lowest BCUT2D eigenvalue weighted by Gasteiger charge is -2.31. The van der Waals surface area contributed by atoms with Crippen LogP contribution in [-0.2, 0) is 11.3 Å². The number of carbonyl (C=O) groups is 1. The molecule has 1 N–H and O–H groups in total. The zero-order valence-corrected chi connectivity index (χ0v) is 11.3. The van der Waals surface area contributed by atoms with Crippen LogP contribution in [0.25, 0.3) is 0 Å². The molecule has 5 nitrogen and oxygen atoms in total. The first-order chi connectivity index (χ1) is 9.29. The molecule has 0 radical (unpaired) electrons. The Balaban J connectivity index is 1.84. The van der Waals surface area contributed by atoms with Gasteiger partial charge in [0.2, 0.25) is 11.8 Å². The van der Waals surface area contributed by atoms with E-state index in [9.17, 15) is 4.79 Å². The first kappa shape index (κ1) is 12.7. The molecule has 1 saturated heterocycles. The highest BCUT2D eigenvalue weighted by atomic mass is 16.3. The maximum absolute atomic E-state index is 12.6. The molecule has 0 aromatic carbocycles. The summed E-state index contributed by atoms with van der Waals surface area (Å²) in [5.41, 5.74) is 0. The number of hydrogen-bond donors (Lipinski definition) is 1. The zero-order valence-electron chi connectivity index (χ0n) is 11.3. The van der Waals surface area contributed by atoms with Crippen molar-refractivity contribution in [2.75, 3.05) is 7.05 Å². The minimum absolute atomic E-state index is 0.0550. The van der Waals surface area contributed by atoms with Gasteiger partial charge in [-0.25, -0.2) is 4.98 Å². The summed E-state index contributed by atoms with van der Waals surface area (Å²) in [6, 6.07) is 0.318. The van der Waals surface area contributed by atoms with Gasteiger partial charge in [-0.1, -0.05) is 6.42 Å². The summed E-state index contributed by atoms with van der Waals surface area (Å²) in [6.07, 6.45) is 8.89. The molecule has 2 aliphatic rings. The van der Waals surface area contributed by atoms with Crippen LogP contribution in [0.4, 0.5) is 0 Å². The molecule has 1 aromatic rings. The minimum Gasteiger partial charge on any atom is -0.447 e. The Hall–Kier alpha value is -1.36. The maximum Gasteiger partial charge on any atom is 0.240 e. The fraction of sp³-hybridized carbons (Fsp3) is 0.714. The van der Waals surface area contributed by atoms with E-state index in [-0.39, 0.29) is 11.9 Å². The molecular weight excluding hydrogens is 242 g/mol. The highest BCUT2D eigenvalue weighted by Crippen LogP contribution is 2.37. The van der Waals surface area contributed by atoms with E-state index in [1.165, 1.54) is 12.8 Å². The standard InChI is InChI=1S/C14H21N3O2/c1-15-11-6-5-10-3-2-4-12(10)17(14(11)18)9-13-16-7-8-19-13/h7-8,10-12,15H,2-6,9H2,1H3. The van der Waals surface area contributed by atoms with Crippen molar-refractivity contribution in [1.82, 2.24) is 15.2 Å².